The summed E-state index contributed by atoms with van der Waals surface area (Å²) in [7, 11) is -2.92. The van der Waals surface area contributed by atoms with Crippen molar-refractivity contribution in [2.24, 2.45) is 0 Å². The lowest BCUT2D eigenvalue weighted by Gasteiger charge is -2.27. The Hall–Kier alpha value is -1.92. The maximum atomic E-state index is 14.1. The van der Waals surface area contributed by atoms with Crippen molar-refractivity contribution >= 4 is 24.0 Å². The fourth-order valence-corrected chi connectivity index (χ4v) is 6.28. The summed E-state index contributed by atoms with van der Waals surface area (Å²) in [6.07, 6.45) is 4.39. The van der Waals surface area contributed by atoms with Gasteiger partial charge in [-0.25, -0.2) is 0 Å². The van der Waals surface area contributed by atoms with Crippen LogP contribution in [0.5, 0.6) is 0 Å². The SMILES string of the molecule is O=CC1=C(P(=O)(c2ccccc2)c2ccccc2)CCCC1. The molecule has 0 N–H and O–H groups in total. The van der Waals surface area contributed by atoms with E-state index in [0.29, 0.717) is 0 Å². The maximum absolute atomic E-state index is 14.1. The second-order valence-electron chi connectivity index (χ2n) is 5.58. The van der Waals surface area contributed by atoms with E-state index >= 15 is 0 Å². The summed E-state index contributed by atoms with van der Waals surface area (Å²) in [6, 6.07) is 19.2. The Kier molecular flexibility index (Phi) is 4.40. The minimum atomic E-state index is -2.92. The fraction of sp³-hybridized carbons (Fsp3) is 0.211. The number of aldehydes is 1. The fourth-order valence-electron chi connectivity index (χ4n) is 3.14. The van der Waals surface area contributed by atoms with Crippen LogP contribution in [0.25, 0.3) is 0 Å². The van der Waals surface area contributed by atoms with Crippen LogP contribution in [0.3, 0.4) is 0 Å². The molecule has 0 atom stereocenters. The van der Waals surface area contributed by atoms with Crippen molar-refractivity contribution in [2.45, 2.75) is 25.7 Å². The average Bonchev–Trinajstić information content (AvgIpc) is 2.62. The van der Waals surface area contributed by atoms with Crippen LogP contribution in [0, 0.1) is 0 Å². The molecule has 22 heavy (non-hydrogen) atoms. The molecule has 3 heteroatoms. The molecule has 0 amide bonds. The second-order valence-corrected chi connectivity index (χ2v) is 8.37. The maximum Gasteiger partial charge on any atom is 0.167 e. The molecule has 2 nitrogen and oxygen atoms in total. The van der Waals surface area contributed by atoms with E-state index in [0.717, 1.165) is 53.5 Å². The lowest BCUT2D eigenvalue weighted by atomic mass is 10.0. The highest BCUT2D eigenvalue weighted by atomic mass is 31.2. The molecule has 0 bridgehead atoms. The first kappa shape index (κ1) is 15.0. The number of rotatable bonds is 4. The van der Waals surface area contributed by atoms with Gasteiger partial charge in [-0.2, -0.15) is 0 Å². The van der Waals surface area contributed by atoms with Gasteiger partial charge in [0.25, 0.3) is 0 Å². The summed E-state index contributed by atoms with van der Waals surface area (Å²) in [5.41, 5.74) is 0.738. The molecule has 0 radical (unpaired) electrons. The molecule has 0 heterocycles. The summed E-state index contributed by atoms with van der Waals surface area (Å²) in [5.74, 6) is 0. The van der Waals surface area contributed by atoms with Crippen LogP contribution in [-0.2, 0) is 9.36 Å². The Morgan fingerprint density at radius 2 is 1.27 bits per heavy atom. The van der Waals surface area contributed by atoms with Crippen molar-refractivity contribution < 1.29 is 9.36 Å². The first-order chi connectivity index (χ1) is 10.8. The van der Waals surface area contributed by atoms with Crippen molar-refractivity contribution in [3.05, 3.63) is 71.6 Å². The number of carbonyl (C=O) groups excluding carboxylic acids is 1. The van der Waals surface area contributed by atoms with E-state index in [4.69, 9.17) is 0 Å². The van der Waals surface area contributed by atoms with Crippen LogP contribution in [0.4, 0.5) is 0 Å². The normalized spacial score (nSPS) is 15.6. The Balaban J connectivity index is 2.27. The van der Waals surface area contributed by atoms with Crippen LogP contribution in [0.2, 0.25) is 0 Å². The summed E-state index contributed by atoms with van der Waals surface area (Å²) in [6.45, 7) is 0. The zero-order chi connectivity index (χ0) is 15.4. The zero-order valence-electron chi connectivity index (χ0n) is 12.4. The molecular weight excluding hydrogens is 291 g/mol. The molecule has 0 fully saturated rings. The van der Waals surface area contributed by atoms with E-state index in [1.54, 1.807) is 0 Å². The standard InChI is InChI=1S/C19H19O2P/c20-15-16-9-7-8-14-19(16)22(21,17-10-3-1-4-11-17)18-12-5-2-6-13-18/h1-6,10-13,15H,7-9,14H2. The molecule has 0 saturated carbocycles. The minimum absolute atomic E-state index is 0.738. The van der Waals surface area contributed by atoms with E-state index in [1.807, 2.05) is 60.7 Å². The molecule has 112 valence electrons. The highest BCUT2D eigenvalue weighted by Gasteiger charge is 2.34. The van der Waals surface area contributed by atoms with Gasteiger partial charge in [-0.1, -0.05) is 60.7 Å². The van der Waals surface area contributed by atoms with Crippen LogP contribution < -0.4 is 10.6 Å². The summed E-state index contributed by atoms with van der Waals surface area (Å²) >= 11 is 0. The van der Waals surface area contributed by atoms with Crippen LogP contribution >= 0.6 is 7.14 Å². The van der Waals surface area contributed by atoms with Crippen molar-refractivity contribution in [3.8, 4) is 0 Å². The van der Waals surface area contributed by atoms with Crippen LogP contribution in [0.15, 0.2) is 71.6 Å². The van der Waals surface area contributed by atoms with Gasteiger partial charge in [-0.15, -0.1) is 0 Å². The lowest BCUT2D eigenvalue weighted by molar-refractivity contribution is -0.105. The molecule has 2 aromatic carbocycles. The third-order valence-corrected chi connectivity index (χ3v) is 7.56. The van der Waals surface area contributed by atoms with Gasteiger partial charge in [0.15, 0.2) is 7.14 Å². The third kappa shape index (κ3) is 2.60. The van der Waals surface area contributed by atoms with Gasteiger partial charge in [0.2, 0.25) is 0 Å². The van der Waals surface area contributed by atoms with E-state index in [9.17, 15) is 9.36 Å². The number of carbonyl (C=O) groups is 1. The van der Waals surface area contributed by atoms with E-state index < -0.39 is 7.14 Å². The highest BCUT2D eigenvalue weighted by Crippen LogP contribution is 2.56. The Morgan fingerprint density at radius 1 is 0.773 bits per heavy atom. The van der Waals surface area contributed by atoms with Crippen LogP contribution in [0.1, 0.15) is 25.7 Å². The first-order valence-corrected chi connectivity index (χ1v) is 9.36. The highest BCUT2D eigenvalue weighted by molar-refractivity contribution is 7.82. The summed E-state index contributed by atoms with van der Waals surface area (Å²) in [4.78, 5) is 11.5. The topological polar surface area (TPSA) is 34.1 Å². The first-order valence-electron chi connectivity index (χ1n) is 7.66. The number of allylic oxidation sites excluding steroid dienone is 2. The number of hydrogen-bond donors (Lipinski definition) is 0. The van der Waals surface area contributed by atoms with Gasteiger partial charge >= 0.3 is 0 Å². The average molecular weight is 310 g/mol. The molecule has 1 aliphatic rings. The van der Waals surface area contributed by atoms with E-state index in [1.165, 1.54) is 0 Å². The Bertz CT molecular complexity index is 689. The minimum Gasteiger partial charge on any atom is -0.309 e. The smallest absolute Gasteiger partial charge is 0.167 e. The molecule has 0 unspecified atom stereocenters. The molecular formula is C19H19O2P. The second kappa shape index (κ2) is 6.46. The van der Waals surface area contributed by atoms with E-state index in [-0.39, 0.29) is 0 Å². The molecule has 0 aromatic heterocycles. The Labute approximate surface area is 131 Å². The van der Waals surface area contributed by atoms with Gasteiger partial charge in [0.1, 0.15) is 6.29 Å². The molecule has 1 aliphatic carbocycles. The molecule has 2 aromatic rings. The zero-order valence-corrected chi connectivity index (χ0v) is 13.3. The Morgan fingerprint density at radius 3 is 1.77 bits per heavy atom. The summed E-state index contributed by atoms with van der Waals surface area (Å²) < 4.78 is 14.1. The number of benzene rings is 2. The number of hydrogen-bond acceptors (Lipinski definition) is 2. The van der Waals surface area contributed by atoms with Gasteiger partial charge in [-0.05, 0) is 31.3 Å². The van der Waals surface area contributed by atoms with E-state index in [2.05, 4.69) is 0 Å². The predicted molar refractivity (Wildman–Crippen MR) is 91.3 cm³/mol. The molecule has 0 spiro atoms. The van der Waals surface area contributed by atoms with Crippen LogP contribution in [-0.4, -0.2) is 6.29 Å². The van der Waals surface area contributed by atoms with Crippen molar-refractivity contribution in [3.63, 3.8) is 0 Å². The summed E-state index contributed by atoms with van der Waals surface area (Å²) in [5, 5.41) is 2.49. The van der Waals surface area contributed by atoms with Gasteiger partial charge in [-0.3, -0.25) is 4.79 Å². The van der Waals surface area contributed by atoms with Crippen molar-refractivity contribution in [1.29, 1.82) is 0 Å². The van der Waals surface area contributed by atoms with Crippen molar-refractivity contribution in [1.82, 2.24) is 0 Å². The van der Waals surface area contributed by atoms with Gasteiger partial charge in [0.05, 0.1) is 0 Å². The van der Waals surface area contributed by atoms with Gasteiger partial charge in [0, 0.05) is 15.9 Å². The largest absolute Gasteiger partial charge is 0.309 e. The molecule has 0 aliphatic heterocycles. The monoisotopic (exact) mass is 310 g/mol. The molecule has 0 saturated heterocycles. The third-order valence-electron chi connectivity index (χ3n) is 4.24. The van der Waals surface area contributed by atoms with Gasteiger partial charge < -0.3 is 4.57 Å². The lowest BCUT2D eigenvalue weighted by Crippen LogP contribution is -2.20. The van der Waals surface area contributed by atoms with Crippen molar-refractivity contribution in [2.75, 3.05) is 0 Å². The molecule has 3 rings (SSSR count). The quantitative estimate of drug-likeness (QED) is 0.631. The predicted octanol–water partition coefficient (Wildman–Crippen LogP) is 4.03.